The van der Waals surface area contributed by atoms with Crippen LogP contribution in [-0.4, -0.2) is 35.4 Å². The average Bonchev–Trinajstić information content (AvgIpc) is 3.28. The van der Waals surface area contributed by atoms with Crippen LogP contribution in [0.4, 0.5) is 5.00 Å². The number of thiophene rings is 1. The molecule has 0 aliphatic rings. The van der Waals surface area contributed by atoms with Gasteiger partial charge >= 0.3 is 5.97 Å². The molecule has 0 aliphatic heterocycles. The van der Waals surface area contributed by atoms with Crippen LogP contribution in [0.3, 0.4) is 0 Å². The lowest BCUT2D eigenvalue weighted by atomic mass is 10.1. The van der Waals surface area contributed by atoms with Gasteiger partial charge in [-0.1, -0.05) is 28.1 Å². The fourth-order valence-electron chi connectivity index (χ4n) is 3.49. The van der Waals surface area contributed by atoms with E-state index in [1.165, 1.54) is 11.3 Å². The van der Waals surface area contributed by atoms with E-state index < -0.39 is 11.5 Å². The van der Waals surface area contributed by atoms with E-state index in [0.29, 0.717) is 22.5 Å². The largest absolute Gasteiger partial charge is 0.497 e. The predicted molar refractivity (Wildman–Crippen MR) is 139 cm³/mol. The zero-order valence-corrected chi connectivity index (χ0v) is 21.4. The summed E-state index contributed by atoms with van der Waals surface area (Å²) >= 11 is 4.54. The number of amides is 1. The van der Waals surface area contributed by atoms with E-state index in [1.54, 1.807) is 43.7 Å². The number of hydrogen-bond acceptors (Lipinski definition) is 7. The van der Waals surface area contributed by atoms with Crippen LogP contribution in [-0.2, 0) is 16.0 Å². The van der Waals surface area contributed by atoms with Gasteiger partial charge in [0.25, 0.3) is 5.56 Å². The van der Waals surface area contributed by atoms with E-state index in [-0.39, 0.29) is 30.0 Å². The summed E-state index contributed by atoms with van der Waals surface area (Å²) in [5.41, 5.74) is 1.04. The van der Waals surface area contributed by atoms with Crippen molar-refractivity contribution in [3.05, 3.63) is 80.0 Å². The average molecular weight is 556 g/mol. The summed E-state index contributed by atoms with van der Waals surface area (Å²) in [6, 6.07) is 14.4. The molecule has 0 fully saturated rings. The first-order valence-electron chi connectivity index (χ1n) is 10.8. The van der Waals surface area contributed by atoms with E-state index in [0.717, 1.165) is 20.5 Å². The number of hydrogen-bond donors (Lipinski definition) is 1. The Bertz CT molecular complexity index is 1430. The number of nitrogens with zero attached hydrogens (tertiary/aromatic N) is 2. The predicted octanol–water partition coefficient (Wildman–Crippen LogP) is 4.97. The Morgan fingerprint density at radius 1 is 1.11 bits per heavy atom. The molecule has 10 heteroatoms. The van der Waals surface area contributed by atoms with E-state index in [4.69, 9.17) is 9.47 Å². The van der Waals surface area contributed by atoms with Crippen LogP contribution in [0.5, 0.6) is 5.75 Å². The Morgan fingerprint density at radius 3 is 2.49 bits per heavy atom. The second kappa shape index (κ2) is 10.8. The van der Waals surface area contributed by atoms with Crippen molar-refractivity contribution in [2.75, 3.05) is 19.0 Å². The molecular formula is C25H22BrN3O5S. The van der Waals surface area contributed by atoms with E-state index in [1.807, 2.05) is 24.3 Å². The highest BCUT2D eigenvalue weighted by Crippen LogP contribution is 2.31. The highest BCUT2D eigenvalue weighted by Gasteiger charge is 2.23. The molecule has 0 bridgehead atoms. The molecule has 2 aromatic heterocycles. The van der Waals surface area contributed by atoms with Crippen LogP contribution in [0.2, 0.25) is 0 Å². The molecule has 180 valence electrons. The minimum Gasteiger partial charge on any atom is -0.497 e. The normalized spacial score (nSPS) is 10.8. The van der Waals surface area contributed by atoms with Crippen LogP contribution < -0.4 is 15.6 Å². The molecule has 2 heterocycles. The molecular weight excluding hydrogens is 534 g/mol. The van der Waals surface area contributed by atoms with Gasteiger partial charge < -0.3 is 14.8 Å². The molecule has 2 aromatic carbocycles. The van der Waals surface area contributed by atoms with Crippen molar-refractivity contribution in [1.29, 1.82) is 0 Å². The Hall–Kier alpha value is -3.50. The molecule has 4 aromatic rings. The maximum Gasteiger partial charge on any atom is 0.359 e. The number of carbonyl (C=O) groups excluding carboxylic acids is 2. The Morgan fingerprint density at radius 2 is 1.83 bits per heavy atom. The number of aryl methyl sites for hydroxylation is 1. The lowest BCUT2D eigenvalue weighted by molar-refractivity contribution is -0.116. The van der Waals surface area contributed by atoms with Crippen LogP contribution in [0, 0.1) is 0 Å². The second-order valence-electron chi connectivity index (χ2n) is 7.51. The van der Waals surface area contributed by atoms with E-state index in [9.17, 15) is 14.4 Å². The molecule has 1 amide bonds. The number of aromatic nitrogens is 2. The number of carbonyl (C=O) groups is 2. The molecule has 8 nitrogen and oxygen atoms in total. The molecule has 4 rings (SSSR count). The van der Waals surface area contributed by atoms with Gasteiger partial charge in [-0.15, -0.1) is 11.3 Å². The molecule has 0 saturated carbocycles. The van der Waals surface area contributed by atoms with Crippen LogP contribution in [0.15, 0.2) is 63.2 Å². The highest BCUT2D eigenvalue weighted by atomic mass is 79.9. The number of methoxy groups -OCH3 is 1. The van der Waals surface area contributed by atoms with Gasteiger partial charge in [0.2, 0.25) is 5.91 Å². The fourth-order valence-corrected chi connectivity index (χ4v) is 4.71. The van der Waals surface area contributed by atoms with Crippen LogP contribution >= 0.6 is 27.3 Å². The maximum atomic E-state index is 13.4. The first-order chi connectivity index (χ1) is 16.9. The quantitative estimate of drug-likeness (QED) is 0.308. The number of halogens is 1. The van der Waals surface area contributed by atoms with Gasteiger partial charge in [0.1, 0.15) is 10.8 Å². The van der Waals surface area contributed by atoms with Gasteiger partial charge in [-0.05, 0) is 55.3 Å². The Labute approximate surface area is 213 Å². The van der Waals surface area contributed by atoms with Crippen molar-refractivity contribution in [2.45, 2.75) is 19.8 Å². The minimum absolute atomic E-state index is 0.0133. The Kier molecular flexibility index (Phi) is 7.62. The van der Waals surface area contributed by atoms with Gasteiger partial charge in [0, 0.05) is 21.7 Å². The first kappa shape index (κ1) is 24.6. The minimum atomic E-state index is -0.640. The number of fused-ring (bicyclic) bond motifs is 1. The van der Waals surface area contributed by atoms with Gasteiger partial charge in [0.15, 0.2) is 5.69 Å². The molecule has 0 radical (unpaired) electrons. The van der Waals surface area contributed by atoms with Crippen molar-refractivity contribution in [1.82, 2.24) is 9.78 Å². The molecule has 0 saturated heterocycles. The van der Waals surface area contributed by atoms with Gasteiger partial charge in [-0.3, -0.25) is 9.59 Å². The molecule has 0 aliphatic carbocycles. The monoisotopic (exact) mass is 555 g/mol. The van der Waals surface area contributed by atoms with Crippen molar-refractivity contribution >= 4 is 54.9 Å². The molecule has 0 atom stereocenters. The Balaban J connectivity index is 1.67. The number of nitrogens with one attached hydrogen (secondary N) is 1. The van der Waals surface area contributed by atoms with Crippen molar-refractivity contribution in [2.24, 2.45) is 0 Å². The first-order valence-corrected chi connectivity index (χ1v) is 12.5. The van der Waals surface area contributed by atoms with Gasteiger partial charge in [0.05, 0.1) is 24.8 Å². The number of benzene rings is 2. The summed E-state index contributed by atoms with van der Waals surface area (Å²) in [4.78, 5) is 38.8. The third-order valence-corrected chi connectivity index (χ3v) is 6.67. The van der Waals surface area contributed by atoms with Crippen molar-refractivity contribution in [3.8, 4) is 11.4 Å². The highest BCUT2D eigenvalue weighted by molar-refractivity contribution is 9.10. The lowest BCUT2D eigenvalue weighted by Gasteiger charge is -2.10. The van der Waals surface area contributed by atoms with Crippen molar-refractivity contribution < 1.29 is 19.1 Å². The summed E-state index contributed by atoms with van der Waals surface area (Å²) in [6.07, 6.45) is 0.750. The number of ether oxygens (including phenoxy) is 2. The van der Waals surface area contributed by atoms with E-state index in [2.05, 4.69) is 26.3 Å². The molecule has 0 spiro atoms. The summed E-state index contributed by atoms with van der Waals surface area (Å²) in [5, 5.41) is 9.70. The summed E-state index contributed by atoms with van der Waals surface area (Å²) < 4.78 is 12.3. The maximum absolute atomic E-state index is 13.4. The molecule has 35 heavy (non-hydrogen) atoms. The number of anilines is 1. The standard InChI is InChI=1S/C25H22BrN3O5S/c1-3-34-25(32)22-19-14-35-23(27-20(30)13-6-15-4-11-18(33-2)12-5-15)21(19)24(31)29(28-22)17-9-7-16(26)8-10-17/h4-5,7-12,14H,3,6,13H2,1-2H3,(H,27,30). The smallest absolute Gasteiger partial charge is 0.359 e. The van der Waals surface area contributed by atoms with Crippen LogP contribution in [0.1, 0.15) is 29.4 Å². The van der Waals surface area contributed by atoms with Gasteiger partial charge in [-0.2, -0.15) is 9.78 Å². The zero-order valence-electron chi connectivity index (χ0n) is 19.0. The van der Waals surface area contributed by atoms with Crippen molar-refractivity contribution in [3.63, 3.8) is 0 Å². The molecule has 1 N–H and O–H groups in total. The molecule has 0 unspecified atom stereocenters. The number of esters is 1. The topological polar surface area (TPSA) is 99.5 Å². The van der Waals surface area contributed by atoms with E-state index >= 15 is 0 Å². The number of rotatable bonds is 8. The SMILES string of the molecule is CCOC(=O)c1nn(-c2ccc(Br)cc2)c(=O)c2c(NC(=O)CCc3ccc(OC)cc3)scc12. The summed E-state index contributed by atoms with van der Waals surface area (Å²) in [5.74, 6) is -0.136. The second-order valence-corrected chi connectivity index (χ2v) is 9.31. The third-order valence-electron chi connectivity index (χ3n) is 5.25. The summed E-state index contributed by atoms with van der Waals surface area (Å²) in [6.45, 7) is 1.86. The van der Waals surface area contributed by atoms with Gasteiger partial charge in [-0.25, -0.2) is 4.79 Å². The zero-order chi connectivity index (χ0) is 24.9. The third kappa shape index (κ3) is 5.44. The summed E-state index contributed by atoms with van der Waals surface area (Å²) in [7, 11) is 1.60. The van der Waals surface area contributed by atoms with Crippen LogP contribution in [0.25, 0.3) is 16.5 Å². The lowest BCUT2D eigenvalue weighted by Crippen LogP contribution is -2.25. The fraction of sp³-hybridized carbons (Fsp3) is 0.200.